The molecule has 0 aliphatic carbocycles. The highest BCUT2D eigenvalue weighted by Crippen LogP contribution is 2.22. The molecule has 1 atom stereocenters. The largest absolute Gasteiger partial charge is 0.465 e. The molecule has 2 amide bonds. The van der Waals surface area contributed by atoms with E-state index >= 15 is 0 Å². The van der Waals surface area contributed by atoms with E-state index in [1.54, 1.807) is 18.2 Å². The number of sulfonamides is 1. The van der Waals surface area contributed by atoms with E-state index in [0.29, 0.717) is 11.3 Å². The third-order valence-corrected chi connectivity index (χ3v) is 6.52. The molecule has 0 aromatic heterocycles. The summed E-state index contributed by atoms with van der Waals surface area (Å²) in [5.74, 6) is -1.57. The lowest BCUT2D eigenvalue weighted by Crippen LogP contribution is -2.57. The third-order valence-electron chi connectivity index (χ3n) is 4.60. The van der Waals surface area contributed by atoms with Gasteiger partial charge < -0.3 is 15.4 Å². The quantitative estimate of drug-likeness (QED) is 0.658. The minimum Gasteiger partial charge on any atom is -0.465 e. The first-order chi connectivity index (χ1) is 14.3. The van der Waals surface area contributed by atoms with E-state index in [9.17, 15) is 22.8 Å². The zero-order valence-electron chi connectivity index (χ0n) is 16.2. The number of hydrogen-bond donors (Lipinski definition) is 2. The first kappa shape index (κ1) is 21.5. The van der Waals surface area contributed by atoms with Crippen molar-refractivity contribution in [2.24, 2.45) is 0 Å². The Kier molecular flexibility index (Phi) is 6.48. The number of nitrogens with zero attached hydrogens (tertiary/aromatic N) is 1. The van der Waals surface area contributed by atoms with E-state index < -0.39 is 33.8 Å². The maximum atomic E-state index is 13.0. The Balaban J connectivity index is 1.74. The maximum absolute atomic E-state index is 13.0. The predicted octanol–water partition coefficient (Wildman–Crippen LogP) is 0.991. The molecule has 0 radical (unpaired) electrons. The van der Waals surface area contributed by atoms with Crippen molar-refractivity contribution in [1.82, 2.24) is 9.62 Å². The maximum Gasteiger partial charge on any atom is 0.337 e. The fraction of sp³-hybridized carbons (Fsp3) is 0.250. The van der Waals surface area contributed by atoms with E-state index in [1.165, 1.54) is 43.5 Å². The van der Waals surface area contributed by atoms with Crippen molar-refractivity contribution >= 4 is 33.5 Å². The number of nitrogens with one attached hydrogen (secondary N) is 2. The van der Waals surface area contributed by atoms with Gasteiger partial charge in [-0.1, -0.05) is 18.2 Å². The van der Waals surface area contributed by atoms with Gasteiger partial charge >= 0.3 is 5.97 Å². The summed E-state index contributed by atoms with van der Waals surface area (Å²) in [5, 5.41) is 5.22. The van der Waals surface area contributed by atoms with E-state index in [2.05, 4.69) is 15.4 Å². The van der Waals surface area contributed by atoms with Gasteiger partial charge in [-0.05, 0) is 36.4 Å². The molecule has 2 N–H and O–H groups in total. The Morgan fingerprint density at radius 3 is 2.43 bits per heavy atom. The highest BCUT2D eigenvalue weighted by Gasteiger charge is 2.39. The van der Waals surface area contributed by atoms with Crippen LogP contribution in [0.2, 0.25) is 0 Å². The lowest BCUT2D eigenvalue weighted by atomic mass is 10.1. The molecular weight excluding hydrogens is 410 g/mol. The van der Waals surface area contributed by atoms with Crippen LogP contribution >= 0.6 is 0 Å². The topological polar surface area (TPSA) is 122 Å². The van der Waals surface area contributed by atoms with Crippen molar-refractivity contribution in [3.63, 3.8) is 0 Å². The summed E-state index contributed by atoms with van der Waals surface area (Å²) in [7, 11) is -2.67. The van der Waals surface area contributed by atoms with Gasteiger partial charge in [-0.3, -0.25) is 9.59 Å². The van der Waals surface area contributed by atoms with Crippen LogP contribution in [0.3, 0.4) is 0 Å². The summed E-state index contributed by atoms with van der Waals surface area (Å²) in [6, 6.07) is 12.6. The minimum atomic E-state index is -3.94. The monoisotopic (exact) mass is 431 g/mol. The molecule has 1 aliphatic rings. The van der Waals surface area contributed by atoms with Crippen LogP contribution in [-0.2, 0) is 24.3 Å². The number of amides is 2. The molecule has 9 nitrogen and oxygen atoms in total. The van der Waals surface area contributed by atoms with E-state index in [0.717, 1.165) is 4.31 Å². The highest BCUT2D eigenvalue weighted by molar-refractivity contribution is 7.89. The first-order valence-electron chi connectivity index (χ1n) is 9.16. The van der Waals surface area contributed by atoms with Crippen LogP contribution in [0.5, 0.6) is 0 Å². The second-order valence-electron chi connectivity index (χ2n) is 6.56. The van der Waals surface area contributed by atoms with E-state index in [1.807, 2.05) is 0 Å². The number of benzene rings is 2. The van der Waals surface area contributed by atoms with Gasteiger partial charge in [-0.25, -0.2) is 13.2 Å². The van der Waals surface area contributed by atoms with Crippen LogP contribution in [0, 0.1) is 0 Å². The van der Waals surface area contributed by atoms with Crippen LogP contribution in [0.1, 0.15) is 16.8 Å². The van der Waals surface area contributed by atoms with Crippen molar-refractivity contribution in [3.8, 4) is 0 Å². The second-order valence-corrected chi connectivity index (χ2v) is 8.45. The Hall–Kier alpha value is -3.24. The van der Waals surface area contributed by atoms with Crippen LogP contribution in [0.15, 0.2) is 59.5 Å². The number of esters is 1. The summed E-state index contributed by atoms with van der Waals surface area (Å²) in [6.07, 6.45) is -0.351. The summed E-state index contributed by atoms with van der Waals surface area (Å²) < 4.78 is 31.6. The third kappa shape index (κ3) is 4.66. The number of anilines is 1. The first-order valence-corrected chi connectivity index (χ1v) is 10.6. The Morgan fingerprint density at radius 1 is 1.13 bits per heavy atom. The molecule has 0 saturated carbocycles. The number of carbonyl (C=O) groups excluding carboxylic acids is 3. The lowest BCUT2D eigenvalue weighted by molar-refractivity contribution is -0.130. The molecule has 0 bridgehead atoms. The van der Waals surface area contributed by atoms with Crippen molar-refractivity contribution in [2.45, 2.75) is 17.4 Å². The molecule has 0 spiro atoms. The second kappa shape index (κ2) is 9.06. The SMILES string of the molecule is COC(=O)c1ccc(NC(=O)CC2C(=O)NCCN2S(=O)(=O)c2ccccc2)cc1. The molecule has 1 heterocycles. The van der Waals surface area contributed by atoms with Crippen LogP contribution in [0.25, 0.3) is 0 Å². The molecular formula is C20H21N3O6S. The standard InChI is InChI=1S/C20H21N3O6S/c1-29-20(26)14-7-9-15(10-8-14)22-18(24)13-17-19(25)21-11-12-23(17)30(27,28)16-5-3-2-4-6-16/h2-10,17H,11-13H2,1H3,(H,21,25)(H,22,24). The average molecular weight is 431 g/mol. The number of ether oxygens (including phenoxy) is 1. The zero-order valence-corrected chi connectivity index (χ0v) is 17.0. The molecule has 1 aliphatic heterocycles. The van der Waals surface area contributed by atoms with E-state index in [-0.39, 0.29) is 24.4 Å². The number of hydrogen-bond acceptors (Lipinski definition) is 6. The van der Waals surface area contributed by atoms with Gasteiger partial charge in [0, 0.05) is 18.8 Å². The number of methoxy groups -OCH3 is 1. The summed E-state index contributed by atoms with van der Waals surface area (Å²) in [5.41, 5.74) is 0.726. The average Bonchev–Trinajstić information content (AvgIpc) is 2.75. The van der Waals surface area contributed by atoms with Crippen molar-refractivity contribution in [1.29, 1.82) is 0 Å². The van der Waals surface area contributed by atoms with Gasteiger partial charge in [0.25, 0.3) is 0 Å². The van der Waals surface area contributed by atoms with Gasteiger partial charge in [0.1, 0.15) is 6.04 Å². The fourth-order valence-electron chi connectivity index (χ4n) is 3.10. The molecule has 1 fully saturated rings. The molecule has 30 heavy (non-hydrogen) atoms. The Morgan fingerprint density at radius 2 is 1.80 bits per heavy atom. The fourth-order valence-corrected chi connectivity index (χ4v) is 4.71. The number of rotatable bonds is 6. The molecule has 1 unspecified atom stereocenters. The molecule has 10 heteroatoms. The van der Waals surface area contributed by atoms with Crippen LogP contribution in [0.4, 0.5) is 5.69 Å². The van der Waals surface area contributed by atoms with Crippen molar-refractivity contribution < 1.29 is 27.5 Å². The zero-order chi connectivity index (χ0) is 21.7. The van der Waals surface area contributed by atoms with Gasteiger partial charge in [0.15, 0.2) is 0 Å². The normalized spacial score (nSPS) is 17.1. The molecule has 2 aromatic carbocycles. The number of piperazine rings is 1. The molecule has 158 valence electrons. The molecule has 1 saturated heterocycles. The van der Waals surface area contributed by atoms with Gasteiger partial charge in [-0.15, -0.1) is 0 Å². The lowest BCUT2D eigenvalue weighted by Gasteiger charge is -2.33. The Bertz CT molecular complexity index is 1040. The summed E-state index contributed by atoms with van der Waals surface area (Å²) >= 11 is 0. The number of carbonyl (C=O) groups is 3. The summed E-state index contributed by atoms with van der Waals surface area (Å²) in [6.45, 7) is 0.229. The minimum absolute atomic E-state index is 0.0588. The molecule has 3 rings (SSSR count). The molecule has 2 aromatic rings. The summed E-state index contributed by atoms with van der Waals surface area (Å²) in [4.78, 5) is 36.4. The highest BCUT2D eigenvalue weighted by atomic mass is 32.2. The van der Waals surface area contributed by atoms with Gasteiger partial charge in [0.2, 0.25) is 21.8 Å². The van der Waals surface area contributed by atoms with Crippen LogP contribution < -0.4 is 10.6 Å². The van der Waals surface area contributed by atoms with Crippen molar-refractivity contribution in [2.75, 3.05) is 25.5 Å². The van der Waals surface area contributed by atoms with Crippen LogP contribution in [-0.4, -0.2) is 56.7 Å². The van der Waals surface area contributed by atoms with Gasteiger partial charge in [0.05, 0.1) is 24.0 Å². The van der Waals surface area contributed by atoms with Gasteiger partial charge in [-0.2, -0.15) is 4.31 Å². The Labute approximate surface area is 174 Å². The van der Waals surface area contributed by atoms with E-state index in [4.69, 9.17) is 0 Å². The predicted molar refractivity (Wildman–Crippen MR) is 108 cm³/mol. The smallest absolute Gasteiger partial charge is 0.337 e. The van der Waals surface area contributed by atoms with Crippen molar-refractivity contribution in [3.05, 3.63) is 60.2 Å².